The van der Waals surface area contributed by atoms with Gasteiger partial charge < -0.3 is 20.1 Å². The van der Waals surface area contributed by atoms with Crippen molar-refractivity contribution >= 4 is 35.2 Å². The number of benzene rings is 1. The first kappa shape index (κ1) is 19.4. The van der Waals surface area contributed by atoms with Crippen LogP contribution in [0.3, 0.4) is 0 Å². The van der Waals surface area contributed by atoms with Crippen LogP contribution >= 0.6 is 11.6 Å². The Bertz CT molecular complexity index is 736. The number of aliphatic carboxylic acids is 1. The van der Waals surface area contributed by atoms with Crippen molar-refractivity contribution in [3.8, 4) is 0 Å². The Kier molecular flexibility index (Phi) is 6.18. The van der Waals surface area contributed by atoms with Crippen molar-refractivity contribution in [3.63, 3.8) is 0 Å². The molecule has 9 heteroatoms. The first-order valence-electron chi connectivity index (χ1n) is 8.93. The molecule has 3 rings (SSSR count). The number of carboxylic acids is 1. The van der Waals surface area contributed by atoms with E-state index in [1.54, 1.807) is 18.2 Å². The number of anilines is 1. The second-order valence-corrected chi connectivity index (χ2v) is 6.98. The maximum atomic E-state index is 13.1. The lowest BCUT2D eigenvalue weighted by molar-refractivity contribution is -0.137. The Balaban J connectivity index is 1.82. The highest BCUT2D eigenvalue weighted by Gasteiger charge is 2.27. The van der Waals surface area contributed by atoms with Crippen molar-refractivity contribution in [2.45, 2.75) is 25.4 Å². The van der Waals surface area contributed by atoms with E-state index in [-0.39, 0.29) is 41.6 Å². The molecular weight excluding hydrogens is 374 g/mol. The van der Waals surface area contributed by atoms with E-state index in [4.69, 9.17) is 21.4 Å². The topological polar surface area (TPSA) is 99.2 Å². The predicted octanol–water partition coefficient (Wildman–Crippen LogP) is 1.97. The molecule has 27 heavy (non-hydrogen) atoms. The molecule has 1 aromatic rings. The van der Waals surface area contributed by atoms with Gasteiger partial charge in [-0.05, 0) is 31.0 Å². The molecule has 1 aromatic carbocycles. The lowest BCUT2D eigenvalue weighted by Crippen LogP contribution is -2.39. The lowest BCUT2D eigenvalue weighted by Gasteiger charge is -2.26. The van der Waals surface area contributed by atoms with Crippen molar-refractivity contribution in [3.05, 3.63) is 28.8 Å². The van der Waals surface area contributed by atoms with Crippen molar-refractivity contribution < 1.29 is 24.2 Å². The summed E-state index contributed by atoms with van der Waals surface area (Å²) in [7, 11) is 0. The number of hydrogen-bond donors (Lipinski definition) is 2. The number of nitrogens with one attached hydrogen (secondary N) is 1. The Morgan fingerprint density at radius 3 is 2.85 bits per heavy atom. The second kappa shape index (κ2) is 8.58. The van der Waals surface area contributed by atoms with Crippen molar-refractivity contribution in [2.75, 3.05) is 37.7 Å². The zero-order valence-corrected chi connectivity index (χ0v) is 15.6. The minimum absolute atomic E-state index is 0.0682. The van der Waals surface area contributed by atoms with E-state index in [0.717, 1.165) is 12.8 Å². The summed E-state index contributed by atoms with van der Waals surface area (Å²) in [5.74, 6) is -1.34. The van der Waals surface area contributed by atoms with Crippen LogP contribution in [0.5, 0.6) is 0 Å². The van der Waals surface area contributed by atoms with Crippen molar-refractivity contribution in [1.29, 1.82) is 0 Å². The Morgan fingerprint density at radius 2 is 2.22 bits per heavy atom. The molecule has 2 aliphatic heterocycles. The minimum Gasteiger partial charge on any atom is -0.481 e. The van der Waals surface area contributed by atoms with Crippen molar-refractivity contribution in [2.24, 2.45) is 0 Å². The predicted molar refractivity (Wildman–Crippen MR) is 99.3 cm³/mol. The molecule has 2 fully saturated rings. The summed E-state index contributed by atoms with van der Waals surface area (Å²) in [4.78, 5) is 39.0. The highest BCUT2D eigenvalue weighted by molar-refractivity contribution is 6.34. The molecular formula is C18H22ClN3O5. The summed E-state index contributed by atoms with van der Waals surface area (Å²) in [6.45, 7) is 2.07. The highest BCUT2D eigenvalue weighted by atomic mass is 35.5. The normalized spacial score (nSPS) is 19.2. The molecule has 1 atom stereocenters. The fraction of sp³-hybridized carbons (Fsp3) is 0.500. The minimum atomic E-state index is -0.978. The fourth-order valence-electron chi connectivity index (χ4n) is 3.27. The number of urea groups is 1. The van der Waals surface area contributed by atoms with Crippen LogP contribution in [0.4, 0.5) is 10.5 Å². The van der Waals surface area contributed by atoms with Gasteiger partial charge in [-0.2, -0.15) is 0 Å². The molecule has 2 aliphatic rings. The molecule has 0 aliphatic carbocycles. The second-order valence-electron chi connectivity index (χ2n) is 6.58. The largest absolute Gasteiger partial charge is 0.481 e. The van der Waals surface area contributed by atoms with Crippen LogP contribution in [0.25, 0.3) is 0 Å². The number of hydrogen-bond acceptors (Lipinski definition) is 4. The molecule has 2 saturated heterocycles. The van der Waals surface area contributed by atoms with Crippen LogP contribution in [0.1, 0.15) is 29.6 Å². The molecule has 3 amide bonds. The zero-order valence-electron chi connectivity index (χ0n) is 14.8. The molecule has 1 unspecified atom stereocenters. The molecule has 2 heterocycles. The summed E-state index contributed by atoms with van der Waals surface area (Å²) in [5, 5.41) is 12.0. The van der Waals surface area contributed by atoms with Crippen LogP contribution in [-0.4, -0.2) is 66.8 Å². The monoisotopic (exact) mass is 395 g/mol. The van der Waals surface area contributed by atoms with E-state index in [1.165, 1.54) is 9.80 Å². The molecule has 0 bridgehead atoms. The zero-order chi connectivity index (χ0) is 19.4. The van der Waals surface area contributed by atoms with Crippen LogP contribution in [0.15, 0.2) is 18.2 Å². The van der Waals surface area contributed by atoms with E-state index >= 15 is 0 Å². The quantitative estimate of drug-likeness (QED) is 0.735. The lowest BCUT2D eigenvalue weighted by atomic mass is 10.1. The summed E-state index contributed by atoms with van der Waals surface area (Å²) < 4.78 is 5.59. The van der Waals surface area contributed by atoms with Crippen LogP contribution < -0.4 is 10.2 Å². The Labute approximate surface area is 162 Å². The van der Waals surface area contributed by atoms with Gasteiger partial charge in [-0.3, -0.25) is 14.5 Å². The van der Waals surface area contributed by atoms with Gasteiger partial charge in [-0.15, -0.1) is 0 Å². The van der Waals surface area contributed by atoms with Gasteiger partial charge in [0.1, 0.15) is 0 Å². The fourth-order valence-corrected chi connectivity index (χ4v) is 3.47. The molecule has 146 valence electrons. The number of carbonyl (C=O) groups is 3. The average Bonchev–Trinajstić information content (AvgIpc) is 3.30. The first-order valence-corrected chi connectivity index (χ1v) is 9.31. The maximum absolute atomic E-state index is 13.1. The summed E-state index contributed by atoms with van der Waals surface area (Å²) in [6, 6.07) is 4.62. The van der Waals surface area contributed by atoms with Crippen molar-refractivity contribution in [1.82, 2.24) is 10.2 Å². The SMILES string of the molecule is O=C(O)CCN(CC1CCCO1)C(=O)c1cc(N2CCNC2=O)ccc1Cl. The molecule has 0 aromatic heterocycles. The average molecular weight is 396 g/mol. The smallest absolute Gasteiger partial charge is 0.321 e. The number of carbonyl (C=O) groups excluding carboxylic acids is 2. The Morgan fingerprint density at radius 1 is 1.41 bits per heavy atom. The van der Waals surface area contributed by atoms with Gasteiger partial charge in [0.2, 0.25) is 0 Å². The molecule has 2 N–H and O–H groups in total. The van der Waals surface area contributed by atoms with Gasteiger partial charge in [0.05, 0.1) is 23.1 Å². The first-order chi connectivity index (χ1) is 13.0. The number of carboxylic acid groups (broad SMARTS) is 1. The summed E-state index contributed by atoms with van der Waals surface area (Å²) in [5.41, 5.74) is 0.824. The number of ether oxygens (including phenoxy) is 1. The van der Waals surface area contributed by atoms with Gasteiger partial charge in [-0.25, -0.2) is 4.79 Å². The van der Waals surface area contributed by atoms with E-state index in [0.29, 0.717) is 31.9 Å². The molecule has 0 radical (unpaired) electrons. The standard InChI is InChI=1S/C18H22ClN3O5/c19-15-4-3-12(22-8-6-20-18(22)26)10-14(15)17(25)21(7-5-16(23)24)11-13-2-1-9-27-13/h3-4,10,13H,1-2,5-9,11H2,(H,20,26)(H,23,24). The van der Waals surface area contributed by atoms with Gasteiger partial charge >= 0.3 is 12.0 Å². The third-order valence-electron chi connectivity index (χ3n) is 4.68. The number of rotatable bonds is 7. The third kappa shape index (κ3) is 4.70. The number of nitrogens with zero attached hydrogens (tertiary/aromatic N) is 2. The summed E-state index contributed by atoms with van der Waals surface area (Å²) >= 11 is 6.24. The van der Waals surface area contributed by atoms with E-state index in [2.05, 4.69) is 5.32 Å². The molecule has 0 spiro atoms. The molecule has 8 nitrogen and oxygen atoms in total. The van der Waals surface area contributed by atoms with Gasteiger partial charge in [-0.1, -0.05) is 11.6 Å². The van der Waals surface area contributed by atoms with E-state index in [9.17, 15) is 14.4 Å². The van der Waals surface area contributed by atoms with Crippen LogP contribution in [-0.2, 0) is 9.53 Å². The van der Waals surface area contributed by atoms with E-state index < -0.39 is 5.97 Å². The number of amides is 3. The van der Waals surface area contributed by atoms with E-state index in [1.807, 2.05) is 0 Å². The highest BCUT2D eigenvalue weighted by Crippen LogP contribution is 2.26. The maximum Gasteiger partial charge on any atom is 0.321 e. The van der Waals surface area contributed by atoms with Crippen LogP contribution in [0, 0.1) is 0 Å². The number of halogens is 1. The van der Waals surface area contributed by atoms with Gasteiger partial charge in [0.15, 0.2) is 0 Å². The molecule has 0 saturated carbocycles. The Hall–Kier alpha value is -2.32. The van der Waals surface area contributed by atoms with Gasteiger partial charge in [0.25, 0.3) is 5.91 Å². The van der Waals surface area contributed by atoms with Gasteiger partial charge in [0, 0.05) is 38.5 Å². The summed E-state index contributed by atoms with van der Waals surface area (Å²) in [6.07, 6.45) is 1.49. The van der Waals surface area contributed by atoms with Crippen LogP contribution in [0.2, 0.25) is 5.02 Å². The third-order valence-corrected chi connectivity index (χ3v) is 5.01.